The van der Waals surface area contributed by atoms with Crippen LogP contribution in [0.5, 0.6) is 0 Å². The lowest BCUT2D eigenvalue weighted by atomic mass is 9.50. The molecule has 0 unspecified atom stereocenters. The van der Waals surface area contributed by atoms with Gasteiger partial charge in [-0.05, 0) is 74.5 Å². The fourth-order valence-corrected chi connectivity index (χ4v) is 5.34. The SMILES string of the molecule is NC1(C2C3CC4CC(C3)CC2C4)CC1. The zero-order valence-electron chi connectivity index (χ0n) is 8.91. The van der Waals surface area contributed by atoms with Crippen molar-refractivity contribution in [3.05, 3.63) is 0 Å². The monoisotopic (exact) mass is 191 g/mol. The van der Waals surface area contributed by atoms with E-state index in [2.05, 4.69) is 0 Å². The van der Waals surface area contributed by atoms with E-state index in [1.807, 2.05) is 0 Å². The van der Waals surface area contributed by atoms with Crippen LogP contribution >= 0.6 is 0 Å². The molecule has 4 bridgehead atoms. The molecular formula is C13H21N. The third-order valence-corrected chi connectivity index (χ3v) is 5.72. The summed E-state index contributed by atoms with van der Waals surface area (Å²) in [7, 11) is 0. The normalized spacial score (nSPS) is 57.6. The summed E-state index contributed by atoms with van der Waals surface area (Å²) in [6, 6.07) is 0. The van der Waals surface area contributed by atoms with Gasteiger partial charge in [-0.3, -0.25) is 0 Å². The molecule has 5 aliphatic carbocycles. The summed E-state index contributed by atoms with van der Waals surface area (Å²) in [5.74, 6) is 5.24. The predicted octanol–water partition coefficient (Wildman–Crippen LogP) is 2.55. The van der Waals surface area contributed by atoms with Crippen molar-refractivity contribution in [1.29, 1.82) is 0 Å². The molecule has 1 nitrogen and oxygen atoms in total. The highest BCUT2D eigenvalue weighted by molar-refractivity contribution is 5.12. The molecule has 0 heterocycles. The lowest BCUT2D eigenvalue weighted by Gasteiger charge is -2.56. The Morgan fingerprint density at radius 1 is 0.786 bits per heavy atom. The topological polar surface area (TPSA) is 26.0 Å². The van der Waals surface area contributed by atoms with Crippen LogP contribution in [0.3, 0.4) is 0 Å². The summed E-state index contributed by atoms with van der Waals surface area (Å²) in [5, 5.41) is 0. The van der Waals surface area contributed by atoms with E-state index in [0.717, 1.165) is 29.6 Å². The second-order valence-electron chi connectivity index (χ2n) is 6.69. The average Bonchev–Trinajstić information content (AvgIpc) is 2.81. The van der Waals surface area contributed by atoms with Gasteiger partial charge in [0.25, 0.3) is 0 Å². The van der Waals surface area contributed by atoms with Gasteiger partial charge in [-0.2, -0.15) is 0 Å². The molecule has 0 radical (unpaired) electrons. The Balaban J connectivity index is 1.68. The Morgan fingerprint density at radius 2 is 1.29 bits per heavy atom. The molecule has 0 aromatic rings. The van der Waals surface area contributed by atoms with E-state index in [-0.39, 0.29) is 0 Å². The lowest BCUT2D eigenvalue weighted by molar-refractivity contribution is -0.0511. The van der Waals surface area contributed by atoms with Gasteiger partial charge in [-0.1, -0.05) is 0 Å². The van der Waals surface area contributed by atoms with Gasteiger partial charge in [-0.25, -0.2) is 0 Å². The standard InChI is InChI=1S/C13H21N/c14-13(1-2-13)12-10-4-8-3-9(6-10)7-11(12)5-8/h8-12H,1-7,14H2. The van der Waals surface area contributed by atoms with Crippen LogP contribution in [0.25, 0.3) is 0 Å². The first kappa shape index (κ1) is 8.15. The van der Waals surface area contributed by atoms with E-state index in [4.69, 9.17) is 5.73 Å². The first-order valence-corrected chi connectivity index (χ1v) is 6.53. The zero-order valence-corrected chi connectivity index (χ0v) is 8.91. The van der Waals surface area contributed by atoms with Gasteiger partial charge in [0, 0.05) is 5.54 Å². The van der Waals surface area contributed by atoms with Crippen LogP contribution in [0.1, 0.15) is 44.9 Å². The molecule has 0 aromatic heterocycles. The Bertz CT molecular complexity index is 238. The molecule has 1 heteroatoms. The van der Waals surface area contributed by atoms with E-state index in [9.17, 15) is 0 Å². The second-order valence-corrected chi connectivity index (χ2v) is 6.69. The molecule has 5 saturated carbocycles. The predicted molar refractivity (Wildman–Crippen MR) is 56.7 cm³/mol. The van der Waals surface area contributed by atoms with E-state index in [0.29, 0.717) is 5.54 Å². The lowest BCUT2D eigenvalue weighted by Crippen LogP contribution is -2.52. The van der Waals surface area contributed by atoms with Crippen molar-refractivity contribution in [3.8, 4) is 0 Å². The maximum atomic E-state index is 6.47. The summed E-state index contributed by atoms with van der Waals surface area (Å²) >= 11 is 0. The van der Waals surface area contributed by atoms with Gasteiger partial charge < -0.3 is 5.73 Å². The van der Waals surface area contributed by atoms with Crippen LogP contribution in [0.2, 0.25) is 0 Å². The highest BCUT2D eigenvalue weighted by Crippen LogP contribution is 2.62. The largest absolute Gasteiger partial charge is 0.325 e. The number of nitrogens with two attached hydrogens (primary N) is 1. The highest BCUT2D eigenvalue weighted by Gasteiger charge is 2.58. The Hall–Kier alpha value is -0.0400. The van der Waals surface area contributed by atoms with Crippen molar-refractivity contribution >= 4 is 0 Å². The Kier molecular flexibility index (Phi) is 1.38. The first-order chi connectivity index (χ1) is 6.74. The summed E-state index contributed by atoms with van der Waals surface area (Å²) in [6.45, 7) is 0. The van der Waals surface area contributed by atoms with Gasteiger partial charge in [0.1, 0.15) is 0 Å². The highest BCUT2D eigenvalue weighted by atomic mass is 14.9. The molecule has 5 rings (SSSR count). The summed E-state index contributed by atoms with van der Waals surface area (Å²) < 4.78 is 0. The Labute approximate surface area is 86.4 Å². The Morgan fingerprint density at radius 3 is 1.71 bits per heavy atom. The zero-order chi connectivity index (χ0) is 9.34. The minimum absolute atomic E-state index is 0.322. The minimum atomic E-state index is 0.322. The fraction of sp³-hybridized carbons (Fsp3) is 1.00. The van der Waals surface area contributed by atoms with Crippen LogP contribution in [-0.4, -0.2) is 5.54 Å². The van der Waals surface area contributed by atoms with Crippen molar-refractivity contribution in [2.45, 2.75) is 50.5 Å². The summed E-state index contributed by atoms with van der Waals surface area (Å²) in [6.07, 6.45) is 10.4. The van der Waals surface area contributed by atoms with E-state index < -0.39 is 0 Å². The molecule has 0 aliphatic heterocycles. The molecular weight excluding hydrogens is 170 g/mol. The van der Waals surface area contributed by atoms with Crippen molar-refractivity contribution < 1.29 is 0 Å². The smallest absolute Gasteiger partial charge is 0.0189 e. The van der Waals surface area contributed by atoms with Crippen molar-refractivity contribution in [3.63, 3.8) is 0 Å². The molecule has 5 aliphatic rings. The van der Waals surface area contributed by atoms with Gasteiger partial charge >= 0.3 is 0 Å². The second kappa shape index (κ2) is 2.37. The fourth-order valence-electron chi connectivity index (χ4n) is 5.34. The maximum absolute atomic E-state index is 6.47. The minimum Gasteiger partial charge on any atom is -0.325 e. The van der Waals surface area contributed by atoms with Crippen LogP contribution in [0.4, 0.5) is 0 Å². The molecule has 0 saturated heterocycles. The van der Waals surface area contributed by atoms with E-state index >= 15 is 0 Å². The average molecular weight is 191 g/mol. The third kappa shape index (κ3) is 0.946. The van der Waals surface area contributed by atoms with Crippen LogP contribution in [0, 0.1) is 29.6 Å². The molecule has 0 atom stereocenters. The number of hydrogen-bond donors (Lipinski definition) is 1. The van der Waals surface area contributed by atoms with E-state index in [1.165, 1.54) is 38.5 Å². The van der Waals surface area contributed by atoms with Crippen molar-refractivity contribution in [2.24, 2.45) is 35.3 Å². The number of rotatable bonds is 1. The third-order valence-electron chi connectivity index (χ3n) is 5.72. The van der Waals surface area contributed by atoms with E-state index in [1.54, 1.807) is 6.42 Å². The summed E-state index contributed by atoms with van der Waals surface area (Å²) in [4.78, 5) is 0. The van der Waals surface area contributed by atoms with Gasteiger partial charge in [0.05, 0.1) is 0 Å². The van der Waals surface area contributed by atoms with Crippen molar-refractivity contribution in [2.75, 3.05) is 0 Å². The number of hydrogen-bond acceptors (Lipinski definition) is 1. The molecule has 0 aromatic carbocycles. The molecule has 2 N–H and O–H groups in total. The molecule has 14 heavy (non-hydrogen) atoms. The molecule has 0 amide bonds. The maximum Gasteiger partial charge on any atom is 0.0189 e. The van der Waals surface area contributed by atoms with Crippen LogP contribution in [-0.2, 0) is 0 Å². The molecule has 0 spiro atoms. The van der Waals surface area contributed by atoms with Gasteiger partial charge in [0.2, 0.25) is 0 Å². The first-order valence-electron chi connectivity index (χ1n) is 6.53. The molecule has 5 fully saturated rings. The van der Waals surface area contributed by atoms with Gasteiger partial charge in [0.15, 0.2) is 0 Å². The van der Waals surface area contributed by atoms with Crippen LogP contribution in [0.15, 0.2) is 0 Å². The van der Waals surface area contributed by atoms with Crippen LogP contribution < -0.4 is 5.73 Å². The molecule has 78 valence electrons. The van der Waals surface area contributed by atoms with Crippen molar-refractivity contribution in [1.82, 2.24) is 0 Å². The quantitative estimate of drug-likeness (QED) is 0.677. The van der Waals surface area contributed by atoms with Gasteiger partial charge in [-0.15, -0.1) is 0 Å². The summed E-state index contributed by atoms with van der Waals surface area (Å²) in [5.41, 5.74) is 6.79.